The van der Waals surface area contributed by atoms with Crippen LogP contribution in [0.2, 0.25) is 5.15 Å². The Morgan fingerprint density at radius 1 is 1.33 bits per heavy atom. The summed E-state index contributed by atoms with van der Waals surface area (Å²) in [6.07, 6.45) is 0. The number of aromatic nitrogens is 1. The highest BCUT2D eigenvalue weighted by molar-refractivity contribution is 14.1. The zero-order valence-electron chi connectivity index (χ0n) is 9.58. The standard InChI is InChI=1S/C13H10ClIN2O/c1-8-6-9(7-12(14)16-8)13(18)17-11-5-3-2-4-10(11)15/h2-7H,1H3,(H,17,18). The molecule has 3 nitrogen and oxygen atoms in total. The highest BCUT2D eigenvalue weighted by Crippen LogP contribution is 2.18. The van der Waals surface area contributed by atoms with Crippen molar-refractivity contribution in [1.29, 1.82) is 0 Å². The van der Waals surface area contributed by atoms with Gasteiger partial charge in [-0.15, -0.1) is 0 Å². The summed E-state index contributed by atoms with van der Waals surface area (Å²) in [5.74, 6) is -0.188. The van der Waals surface area contributed by atoms with Gasteiger partial charge >= 0.3 is 0 Å². The first kappa shape index (κ1) is 13.3. The van der Waals surface area contributed by atoms with Crippen LogP contribution < -0.4 is 5.32 Å². The molecule has 1 amide bonds. The molecule has 18 heavy (non-hydrogen) atoms. The molecule has 2 aromatic rings. The van der Waals surface area contributed by atoms with E-state index in [0.29, 0.717) is 10.7 Å². The number of carbonyl (C=O) groups excluding carboxylic acids is 1. The van der Waals surface area contributed by atoms with Crippen LogP contribution in [0.4, 0.5) is 5.69 Å². The number of nitrogens with zero attached hydrogens (tertiary/aromatic N) is 1. The summed E-state index contributed by atoms with van der Waals surface area (Å²) in [5.41, 5.74) is 2.01. The first-order chi connectivity index (χ1) is 8.56. The maximum absolute atomic E-state index is 12.1. The normalized spacial score (nSPS) is 10.2. The number of halogens is 2. The van der Waals surface area contributed by atoms with Crippen molar-refractivity contribution in [2.24, 2.45) is 0 Å². The molecule has 1 aromatic carbocycles. The quantitative estimate of drug-likeness (QED) is 0.642. The van der Waals surface area contributed by atoms with E-state index in [1.54, 1.807) is 19.1 Å². The SMILES string of the molecule is Cc1cc(C(=O)Nc2ccccc2I)cc(Cl)n1. The Balaban J connectivity index is 2.25. The maximum Gasteiger partial charge on any atom is 0.255 e. The van der Waals surface area contributed by atoms with Gasteiger partial charge in [-0.3, -0.25) is 4.79 Å². The lowest BCUT2D eigenvalue weighted by Gasteiger charge is -2.07. The third-order valence-electron chi connectivity index (χ3n) is 2.31. The van der Waals surface area contributed by atoms with Gasteiger partial charge in [-0.2, -0.15) is 0 Å². The number of benzene rings is 1. The number of carbonyl (C=O) groups is 1. The van der Waals surface area contributed by atoms with E-state index < -0.39 is 0 Å². The molecule has 92 valence electrons. The predicted molar refractivity (Wildman–Crippen MR) is 81.1 cm³/mol. The largest absolute Gasteiger partial charge is 0.321 e. The molecule has 0 fully saturated rings. The summed E-state index contributed by atoms with van der Waals surface area (Å²) < 4.78 is 0.986. The molecule has 0 aliphatic heterocycles. The van der Waals surface area contributed by atoms with Crippen LogP contribution in [0.5, 0.6) is 0 Å². The van der Waals surface area contributed by atoms with Gasteiger partial charge in [0, 0.05) is 14.8 Å². The van der Waals surface area contributed by atoms with Crippen molar-refractivity contribution in [2.75, 3.05) is 5.32 Å². The highest BCUT2D eigenvalue weighted by atomic mass is 127. The topological polar surface area (TPSA) is 42.0 Å². The van der Waals surface area contributed by atoms with Crippen LogP contribution in [0.25, 0.3) is 0 Å². The lowest BCUT2D eigenvalue weighted by Crippen LogP contribution is -2.13. The van der Waals surface area contributed by atoms with Gasteiger partial charge in [-0.25, -0.2) is 4.98 Å². The van der Waals surface area contributed by atoms with E-state index in [9.17, 15) is 4.79 Å². The van der Waals surface area contributed by atoms with E-state index in [2.05, 4.69) is 32.9 Å². The van der Waals surface area contributed by atoms with Gasteiger partial charge in [0.15, 0.2) is 0 Å². The third kappa shape index (κ3) is 3.20. The minimum absolute atomic E-state index is 0.188. The lowest BCUT2D eigenvalue weighted by atomic mass is 10.2. The van der Waals surface area contributed by atoms with Crippen LogP contribution in [0, 0.1) is 10.5 Å². The number of nitrogens with one attached hydrogen (secondary N) is 1. The van der Waals surface area contributed by atoms with Crippen LogP contribution >= 0.6 is 34.2 Å². The smallest absolute Gasteiger partial charge is 0.255 e. The van der Waals surface area contributed by atoms with Crippen molar-refractivity contribution >= 4 is 45.8 Å². The second kappa shape index (κ2) is 5.67. The molecule has 1 aromatic heterocycles. The van der Waals surface area contributed by atoms with Crippen molar-refractivity contribution in [2.45, 2.75) is 6.92 Å². The molecule has 0 aliphatic rings. The summed E-state index contributed by atoms with van der Waals surface area (Å²) in [4.78, 5) is 16.1. The molecule has 0 bridgehead atoms. The number of pyridine rings is 1. The van der Waals surface area contributed by atoms with Crippen molar-refractivity contribution in [1.82, 2.24) is 4.98 Å². The fourth-order valence-electron chi connectivity index (χ4n) is 1.52. The van der Waals surface area contributed by atoms with Gasteiger partial charge in [-0.1, -0.05) is 23.7 Å². The molecule has 5 heteroatoms. The van der Waals surface area contributed by atoms with Crippen LogP contribution in [0.1, 0.15) is 16.1 Å². The number of para-hydroxylation sites is 1. The molecule has 0 spiro atoms. The van der Waals surface area contributed by atoms with E-state index in [1.165, 1.54) is 0 Å². The third-order valence-corrected chi connectivity index (χ3v) is 3.44. The minimum atomic E-state index is -0.188. The molecular formula is C13H10ClIN2O. The minimum Gasteiger partial charge on any atom is -0.321 e. The zero-order chi connectivity index (χ0) is 13.1. The van der Waals surface area contributed by atoms with E-state index in [4.69, 9.17) is 11.6 Å². The Bertz CT molecular complexity index is 581. The second-order valence-corrected chi connectivity index (χ2v) is 5.30. The Morgan fingerprint density at radius 3 is 2.72 bits per heavy atom. The van der Waals surface area contributed by atoms with Crippen molar-refractivity contribution in [3.05, 3.63) is 56.4 Å². The van der Waals surface area contributed by atoms with E-state index >= 15 is 0 Å². The Hall–Kier alpha value is -1.14. The molecular weight excluding hydrogens is 363 g/mol. The van der Waals surface area contributed by atoms with Gasteiger partial charge in [0.25, 0.3) is 5.91 Å². The number of hydrogen-bond donors (Lipinski definition) is 1. The molecule has 0 atom stereocenters. The van der Waals surface area contributed by atoms with Gasteiger partial charge in [0.1, 0.15) is 5.15 Å². The molecule has 0 saturated heterocycles. The van der Waals surface area contributed by atoms with Gasteiger partial charge < -0.3 is 5.32 Å². The van der Waals surface area contributed by atoms with Crippen LogP contribution in [-0.4, -0.2) is 10.9 Å². The van der Waals surface area contributed by atoms with Gasteiger partial charge in [-0.05, 0) is 53.8 Å². The molecule has 0 unspecified atom stereocenters. The molecule has 0 aliphatic carbocycles. The first-order valence-electron chi connectivity index (χ1n) is 5.26. The average molecular weight is 373 g/mol. The highest BCUT2D eigenvalue weighted by Gasteiger charge is 2.09. The molecule has 1 heterocycles. The maximum atomic E-state index is 12.1. The summed E-state index contributed by atoms with van der Waals surface area (Å²) in [5, 5.41) is 3.17. The Labute approximate surface area is 124 Å². The summed E-state index contributed by atoms with van der Waals surface area (Å²) in [6.45, 7) is 1.80. The zero-order valence-corrected chi connectivity index (χ0v) is 12.5. The van der Waals surface area contributed by atoms with Crippen molar-refractivity contribution in [3.8, 4) is 0 Å². The van der Waals surface area contributed by atoms with Crippen LogP contribution in [-0.2, 0) is 0 Å². The summed E-state index contributed by atoms with van der Waals surface area (Å²) in [6, 6.07) is 10.8. The lowest BCUT2D eigenvalue weighted by molar-refractivity contribution is 0.102. The van der Waals surface area contributed by atoms with E-state index in [0.717, 1.165) is 15.0 Å². The Morgan fingerprint density at radius 2 is 2.06 bits per heavy atom. The first-order valence-corrected chi connectivity index (χ1v) is 6.72. The fourth-order valence-corrected chi connectivity index (χ4v) is 2.29. The van der Waals surface area contributed by atoms with E-state index in [-0.39, 0.29) is 5.91 Å². The molecule has 2 rings (SSSR count). The summed E-state index contributed by atoms with van der Waals surface area (Å²) in [7, 11) is 0. The number of rotatable bonds is 2. The van der Waals surface area contributed by atoms with Crippen molar-refractivity contribution in [3.63, 3.8) is 0 Å². The van der Waals surface area contributed by atoms with Gasteiger partial charge in [0.2, 0.25) is 0 Å². The monoisotopic (exact) mass is 372 g/mol. The number of amides is 1. The molecule has 1 N–H and O–H groups in total. The number of anilines is 1. The number of aryl methyl sites for hydroxylation is 1. The average Bonchev–Trinajstić information content (AvgIpc) is 2.31. The molecule has 0 radical (unpaired) electrons. The van der Waals surface area contributed by atoms with Crippen LogP contribution in [0.15, 0.2) is 36.4 Å². The molecule has 0 saturated carbocycles. The van der Waals surface area contributed by atoms with Crippen molar-refractivity contribution < 1.29 is 4.79 Å². The fraction of sp³-hybridized carbons (Fsp3) is 0.0769. The van der Waals surface area contributed by atoms with E-state index in [1.807, 2.05) is 24.3 Å². The van der Waals surface area contributed by atoms with Crippen LogP contribution in [0.3, 0.4) is 0 Å². The predicted octanol–water partition coefficient (Wildman–Crippen LogP) is 3.90. The Kier molecular flexibility index (Phi) is 4.19. The van der Waals surface area contributed by atoms with Gasteiger partial charge in [0.05, 0.1) is 5.69 Å². The number of hydrogen-bond acceptors (Lipinski definition) is 2. The second-order valence-electron chi connectivity index (χ2n) is 3.75. The summed E-state index contributed by atoms with van der Waals surface area (Å²) >= 11 is 8.01.